The minimum Gasteiger partial charge on any atom is -0.368 e. The van der Waals surface area contributed by atoms with Crippen LogP contribution >= 0.6 is 23.7 Å². The van der Waals surface area contributed by atoms with Crippen molar-refractivity contribution in [2.75, 3.05) is 0 Å². The molecule has 0 aliphatic heterocycles. The molecule has 8 nitrogen and oxygen atoms in total. The van der Waals surface area contributed by atoms with Crippen LogP contribution in [-0.4, -0.2) is 32.2 Å². The highest BCUT2D eigenvalue weighted by Crippen LogP contribution is 2.14. The van der Waals surface area contributed by atoms with Crippen molar-refractivity contribution in [3.05, 3.63) is 0 Å². The van der Waals surface area contributed by atoms with Crippen LogP contribution in [0.1, 0.15) is 27.7 Å². The van der Waals surface area contributed by atoms with E-state index in [1.165, 1.54) is 27.7 Å². The third-order valence-corrected chi connectivity index (χ3v) is 1.76. The highest BCUT2D eigenvalue weighted by molar-refractivity contribution is 6.05. The second-order valence-corrected chi connectivity index (χ2v) is 4.05. The van der Waals surface area contributed by atoms with E-state index in [0.29, 0.717) is 0 Å². The van der Waals surface area contributed by atoms with Gasteiger partial charge >= 0.3 is 0 Å². The first-order valence-electron chi connectivity index (χ1n) is 4.47. The number of azo groups is 1. The van der Waals surface area contributed by atoms with Gasteiger partial charge in [-0.1, -0.05) is 0 Å². The third kappa shape index (κ3) is 9.11. The van der Waals surface area contributed by atoms with E-state index in [1.807, 2.05) is 0 Å². The number of halogens is 2. The number of rotatable bonds is 4. The van der Waals surface area contributed by atoms with Crippen LogP contribution in [0.3, 0.4) is 0 Å². The molecule has 0 unspecified atom stereocenters. The SMILES string of the molecule is CC(C)(N=NC(C)(C)C(N)=O)C(N)=O.OCl.OCl. The van der Waals surface area contributed by atoms with Gasteiger partial charge in [0.1, 0.15) is 0 Å². The van der Waals surface area contributed by atoms with Crippen molar-refractivity contribution >= 4 is 35.5 Å². The molecule has 0 aromatic heterocycles. The molecule has 0 fully saturated rings. The van der Waals surface area contributed by atoms with Crippen LogP contribution in [0.15, 0.2) is 10.2 Å². The molecule has 18 heavy (non-hydrogen) atoms. The molecule has 0 spiro atoms. The second kappa shape index (κ2) is 10.0. The molecule has 0 aliphatic carbocycles. The van der Waals surface area contributed by atoms with E-state index in [-0.39, 0.29) is 0 Å². The second-order valence-electron chi connectivity index (χ2n) is 4.05. The summed E-state index contributed by atoms with van der Waals surface area (Å²) >= 11 is 7.28. The van der Waals surface area contributed by atoms with E-state index in [2.05, 4.69) is 34.0 Å². The summed E-state index contributed by atoms with van der Waals surface area (Å²) in [6, 6.07) is 0. The van der Waals surface area contributed by atoms with Gasteiger partial charge < -0.3 is 11.5 Å². The number of carbonyl (C=O) groups is 2. The Kier molecular flexibility index (Phi) is 12.4. The van der Waals surface area contributed by atoms with E-state index < -0.39 is 22.9 Å². The average molecular weight is 305 g/mol. The molecule has 0 aromatic rings. The molecule has 0 saturated carbocycles. The smallest absolute Gasteiger partial charge is 0.246 e. The van der Waals surface area contributed by atoms with Crippen LogP contribution in [0.2, 0.25) is 0 Å². The third-order valence-electron chi connectivity index (χ3n) is 1.76. The fourth-order valence-corrected chi connectivity index (χ4v) is 0.349. The van der Waals surface area contributed by atoms with E-state index in [0.717, 1.165) is 0 Å². The van der Waals surface area contributed by atoms with E-state index >= 15 is 0 Å². The summed E-state index contributed by atoms with van der Waals surface area (Å²) < 4.78 is 12.9. The van der Waals surface area contributed by atoms with Crippen LogP contribution in [-0.2, 0) is 9.59 Å². The molecule has 0 rings (SSSR count). The summed E-state index contributed by atoms with van der Waals surface area (Å²) in [5.74, 6) is -1.22. The van der Waals surface area contributed by atoms with Gasteiger partial charge in [-0.25, -0.2) is 0 Å². The average Bonchev–Trinajstić information content (AvgIpc) is 2.31. The van der Waals surface area contributed by atoms with Crippen molar-refractivity contribution in [3.63, 3.8) is 0 Å². The van der Waals surface area contributed by atoms with Gasteiger partial charge in [-0.3, -0.25) is 18.9 Å². The zero-order valence-corrected chi connectivity index (χ0v) is 12.0. The van der Waals surface area contributed by atoms with Gasteiger partial charge in [0.2, 0.25) is 11.8 Å². The van der Waals surface area contributed by atoms with Gasteiger partial charge in [-0.2, -0.15) is 10.2 Å². The van der Waals surface area contributed by atoms with Crippen molar-refractivity contribution in [2.45, 2.75) is 38.8 Å². The van der Waals surface area contributed by atoms with Crippen molar-refractivity contribution < 1.29 is 18.9 Å². The normalized spacial score (nSPS) is 10.9. The lowest BCUT2D eigenvalue weighted by molar-refractivity contribution is -0.124. The summed E-state index contributed by atoms with van der Waals surface area (Å²) in [5, 5.41) is 7.40. The Bertz CT molecular complexity index is 267. The first-order chi connectivity index (χ1) is 8.09. The van der Waals surface area contributed by atoms with Crippen molar-refractivity contribution in [1.29, 1.82) is 0 Å². The Hall–Kier alpha value is -0.960. The Balaban J connectivity index is -0.000000506. The maximum Gasteiger partial charge on any atom is 0.246 e. The molecule has 10 heteroatoms. The van der Waals surface area contributed by atoms with Gasteiger partial charge in [-0.15, -0.1) is 0 Å². The monoisotopic (exact) mass is 304 g/mol. The lowest BCUT2D eigenvalue weighted by Crippen LogP contribution is -2.39. The molecular formula is C8H18Cl2N4O4. The number of primary amides is 2. The molecule has 2 amide bonds. The molecule has 0 aliphatic rings. The Morgan fingerprint density at radius 2 is 1.00 bits per heavy atom. The number of amides is 2. The highest BCUT2D eigenvalue weighted by atomic mass is 35.5. The fourth-order valence-electron chi connectivity index (χ4n) is 0.349. The minimum absolute atomic E-state index is 0.610. The summed E-state index contributed by atoms with van der Waals surface area (Å²) in [4.78, 5) is 21.7. The molecule has 0 aromatic carbocycles. The van der Waals surface area contributed by atoms with Gasteiger partial charge in [0.25, 0.3) is 0 Å². The number of nitrogens with zero attached hydrogens (tertiary/aromatic N) is 2. The quantitative estimate of drug-likeness (QED) is 0.549. The number of nitrogens with two attached hydrogens (primary N) is 2. The maximum atomic E-state index is 10.9. The van der Waals surface area contributed by atoms with Gasteiger partial charge in [0.15, 0.2) is 11.1 Å². The summed E-state index contributed by atoms with van der Waals surface area (Å²) in [6.07, 6.45) is 0. The lowest BCUT2D eigenvalue weighted by Gasteiger charge is -2.17. The predicted octanol–water partition coefficient (Wildman–Crippen LogP) is 0.231. The van der Waals surface area contributed by atoms with Crippen molar-refractivity contribution in [1.82, 2.24) is 0 Å². The topological polar surface area (TPSA) is 151 Å². The van der Waals surface area contributed by atoms with Crippen LogP contribution in [0, 0.1) is 0 Å². The standard InChI is InChI=1S/C8H16N4O2.2ClHO/c1-7(2,5(9)13)11-12-8(3,4)6(10)14;2*1-2/h1-4H3,(H2,9,13)(H2,10,14);2*2H. The van der Waals surface area contributed by atoms with Gasteiger partial charge in [-0.05, 0) is 27.7 Å². The molecule has 0 heterocycles. The largest absolute Gasteiger partial charge is 0.368 e. The Labute approximate surface area is 115 Å². The van der Waals surface area contributed by atoms with Crippen LogP contribution in [0.4, 0.5) is 0 Å². The van der Waals surface area contributed by atoms with Gasteiger partial charge in [0.05, 0.1) is 23.7 Å². The summed E-state index contributed by atoms with van der Waals surface area (Å²) in [5.41, 5.74) is 7.90. The van der Waals surface area contributed by atoms with Crippen LogP contribution in [0.25, 0.3) is 0 Å². The van der Waals surface area contributed by atoms with Crippen molar-refractivity contribution in [3.8, 4) is 0 Å². The van der Waals surface area contributed by atoms with Gasteiger partial charge in [0, 0.05) is 0 Å². The molecule has 0 saturated heterocycles. The van der Waals surface area contributed by atoms with Crippen LogP contribution < -0.4 is 11.5 Å². The lowest BCUT2D eigenvalue weighted by atomic mass is 10.1. The summed E-state index contributed by atoms with van der Waals surface area (Å²) in [7, 11) is 0. The minimum atomic E-state index is -1.12. The predicted molar refractivity (Wildman–Crippen MR) is 67.5 cm³/mol. The first-order valence-corrected chi connectivity index (χ1v) is 5.15. The molecule has 108 valence electrons. The zero-order valence-electron chi connectivity index (χ0n) is 10.5. The maximum absolute atomic E-state index is 10.9. The molecule has 0 radical (unpaired) electrons. The van der Waals surface area contributed by atoms with E-state index in [9.17, 15) is 9.59 Å². The van der Waals surface area contributed by atoms with Crippen LogP contribution in [0.5, 0.6) is 0 Å². The van der Waals surface area contributed by atoms with E-state index in [1.54, 1.807) is 0 Å². The first kappa shape index (κ1) is 22.2. The number of hydrogen-bond acceptors (Lipinski definition) is 6. The summed E-state index contributed by atoms with van der Waals surface area (Å²) in [6.45, 7) is 6.04. The fraction of sp³-hybridized carbons (Fsp3) is 0.750. The molecular weight excluding hydrogens is 287 g/mol. The molecule has 0 atom stereocenters. The van der Waals surface area contributed by atoms with E-state index in [4.69, 9.17) is 20.8 Å². The molecule has 6 N–H and O–H groups in total. The Morgan fingerprint density at radius 3 is 1.11 bits per heavy atom. The zero-order chi connectivity index (χ0) is 15.6. The Morgan fingerprint density at radius 1 is 0.833 bits per heavy atom. The number of carbonyl (C=O) groups excluding carboxylic acids is 2. The van der Waals surface area contributed by atoms with Crippen molar-refractivity contribution in [2.24, 2.45) is 21.7 Å². The highest BCUT2D eigenvalue weighted by Gasteiger charge is 2.29. The number of hydrogen-bond donors (Lipinski definition) is 4. The molecule has 0 bridgehead atoms.